The molecule has 0 radical (unpaired) electrons. The lowest BCUT2D eigenvalue weighted by molar-refractivity contribution is -0.138. The smallest absolute Gasteiger partial charge is 0.319 e. The van der Waals surface area contributed by atoms with Gasteiger partial charge in [-0.1, -0.05) is 30.3 Å². The van der Waals surface area contributed by atoms with Crippen molar-refractivity contribution in [3.05, 3.63) is 53.2 Å². The number of hydrogen-bond acceptors (Lipinski definition) is 4. The third-order valence-corrected chi connectivity index (χ3v) is 5.78. The fourth-order valence-electron chi connectivity index (χ4n) is 4.14. The maximum atomic E-state index is 13.0. The summed E-state index contributed by atoms with van der Waals surface area (Å²) in [7, 11) is 3.52. The highest BCUT2D eigenvalue weighted by Crippen LogP contribution is 2.26. The van der Waals surface area contributed by atoms with Gasteiger partial charge in [-0.2, -0.15) is 0 Å². The number of amides is 3. The van der Waals surface area contributed by atoms with Crippen molar-refractivity contribution in [2.75, 3.05) is 33.7 Å². The Morgan fingerprint density at radius 1 is 1.10 bits per heavy atom. The van der Waals surface area contributed by atoms with Crippen molar-refractivity contribution >= 4 is 11.9 Å². The van der Waals surface area contributed by atoms with E-state index in [4.69, 9.17) is 4.42 Å². The van der Waals surface area contributed by atoms with Gasteiger partial charge in [0.1, 0.15) is 11.5 Å². The normalized spacial score (nSPS) is 17.2. The van der Waals surface area contributed by atoms with Crippen molar-refractivity contribution in [3.8, 4) is 0 Å². The van der Waals surface area contributed by atoms with Crippen molar-refractivity contribution < 1.29 is 14.0 Å². The van der Waals surface area contributed by atoms with Crippen molar-refractivity contribution in [1.82, 2.24) is 19.7 Å². The average molecular weight is 396 g/mol. The standard InChI is InChI=1S/C22H28N4O3/c1-24(2)22(28)25-11-8-17(9-12-25)21(27)26-13-10-19-18(15-26)23-20(29-19)14-16-6-4-3-5-7-16/h3-7,17H,8-15H2,1-2H3. The number of oxazole rings is 1. The summed E-state index contributed by atoms with van der Waals surface area (Å²) < 4.78 is 5.95. The van der Waals surface area contributed by atoms with Crippen LogP contribution in [0.5, 0.6) is 0 Å². The van der Waals surface area contributed by atoms with E-state index in [2.05, 4.69) is 17.1 Å². The Bertz CT molecular complexity index is 869. The Morgan fingerprint density at radius 3 is 2.52 bits per heavy atom. The number of benzene rings is 1. The molecule has 0 unspecified atom stereocenters. The van der Waals surface area contributed by atoms with Crippen molar-refractivity contribution in [2.24, 2.45) is 5.92 Å². The lowest BCUT2D eigenvalue weighted by atomic mass is 9.94. The van der Waals surface area contributed by atoms with E-state index in [1.165, 1.54) is 0 Å². The van der Waals surface area contributed by atoms with Crippen LogP contribution >= 0.6 is 0 Å². The Balaban J connectivity index is 1.35. The molecule has 0 aliphatic carbocycles. The van der Waals surface area contributed by atoms with Gasteiger partial charge in [0, 0.05) is 52.5 Å². The largest absolute Gasteiger partial charge is 0.445 e. The first-order chi connectivity index (χ1) is 14.0. The third kappa shape index (κ3) is 4.28. The van der Waals surface area contributed by atoms with Crippen LogP contribution in [0.4, 0.5) is 4.79 Å². The number of urea groups is 1. The molecule has 2 aromatic rings. The van der Waals surface area contributed by atoms with Gasteiger partial charge in [0.2, 0.25) is 5.91 Å². The van der Waals surface area contributed by atoms with Gasteiger partial charge in [-0.25, -0.2) is 9.78 Å². The number of hydrogen-bond donors (Lipinski definition) is 0. The molecule has 0 saturated carbocycles. The summed E-state index contributed by atoms with van der Waals surface area (Å²) >= 11 is 0. The number of piperidine rings is 1. The molecule has 7 heteroatoms. The van der Waals surface area contributed by atoms with Crippen LogP contribution in [0.1, 0.15) is 35.7 Å². The summed E-state index contributed by atoms with van der Waals surface area (Å²) in [5, 5.41) is 0. The van der Waals surface area contributed by atoms with E-state index in [-0.39, 0.29) is 17.9 Å². The second-order valence-electron chi connectivity index (χ2n) is 8.09. The van der Waals surface area contributed by atoms with Gasteiger partial charge in [0.05, 0.1) is 6.54 Å². The summed E-state index contributed by atoms with van der Waals surface area (Å²) in [4.78, 5) is 35.1. The number of fused-ring (bicyclic) bond motifs is 1. The molecule has 29 heavy (non-hydrogen) atoms. The second kappa shape index (κ2) is 8.27. The Labute approximate surface area is 171 Å². The molecule has 1 saturated heterocycles. The maximum absolute atomic E-state index is 13.0. The molecule has 0 atom stereocenters. The summed E-state index contributed by atoms with van der Waals surface area (Å²) in [5.74, 6) is 1.79. The zero-order valence-electron chi connectivity index (χ0n) is 17.1. The third-order valence-electron chi connectivity index (χ3n) is 5.78. The molecule has 1 aromatic carbocycles. The predicted molar refractivity (Wildman–Crippen MR) is 108 cm³/mol. The molecule has 0 bridgehead atoms. The molecule has 1 aromatic heterocycles. The summed E-state index contributed by atoms with van der Waals surface area (Å²) in [6, 6.07) is 10.2. The van der Waals surface area contributed by atoms with E-state index in [1.807, 2.05) is 28.0 Å². The van der Waals surface area contributed by atoms with Gasteiger partial charge in [-0.3, -0.25) is 4.79 Å². The van der Waals surface area contributed by atoms with Crippen LogP contribution in [0, 0.1) is 5.92 Å². The minimum atomic E-state index is -0.0153. The van der Waals surface area contributed by atoms with Crippen molar-refractivity contribution in [1.29, 1.82) is 0 Å². The van der Waals surface area contributed by atoms with Gasteiger partial charge in [-0.15, -0.1) is 0 Å². The highest BCUT2D eigenvalue weighted by atomic mass is 16.4. The van der Waals surface area contributed by atoms with E-state index in [1.54, 1.807) is 19.0 Å². The quantitative estimate of drug-likeness (QED) is 0.800. The van der Waals surface area contributed by atoms with Crippen molar-refractivity contribution in [2.45, 2.75) is 32.2 Å². The number of nitrogens with zero attached hydrogens (tertiary/aromatic N) is 4. The Kier molecular flexibility index (Phi) is 5.56. The van der Waals surface area contributed by atoms with E-state index < -0.39 is 0 Å². The monoisotopic (exact) mass is 396 g/mol. The lowest BCUT2D eigenvalue weighted by Gasteiger charge is -2.36. The van der Waals surface area contributed by atoms with Gasteiger partial charge >= 0.3 is 6.03 Å². The number of likely N-dealkylation sites (tertiary alicyclic amines) is 1. The summed E-state index contributed by atoms with van der Waals surface area (Å²) in [5.41, 5.74) is 2.05. The molecule has 2 aliphatic rings. The first kappa shape index (κ1) is 19.5. The van der Waals surface area contributed by atoms with Crippen LogP contribution in [-0.4, -0.2) is 65.4 Å². The zero-order valence-corrected chi connectivity index (χ0v) is 17.1. The van der Waals surface area contributed by atoms with Crippen molar-refractivity contribution in [3.63, 3.8) is 0 Å². The van der Waals surface area contributed by atoms with Crippen LogP contribution < -0.4 is 0 Å². The summed E-state index contributed by atoms with van der Waals surface area (Å²) in [6.45, 7) is 2.46. The van der Waals surface area contributed by atoms with Gasteiger partial charge < -0.3 is 19.1 Å². The molecular formula is C22H28N4O3. The molecule has 4 rings (SSSR count). The molecule has 7 nitrogen and oxygen atoms in total. The minimum Gasteiger partial charge on any atom is -0.445 e. The molecular weight excluding hydrogens is 368 g/mol. The number of aromatic nitrogens is 1. The molecule has 154 valence electrons. The zero-order chi connectivity index (χ0) is 20.4. The molecule has 1 fully saturated rings. The molecule has 3 heterocycles. The van der Waals surface area contributed by atoms with E-state index in [0.29, 0.717) is 44.9 Å². The van der Waals surface area contributed by atoms with Crippen LogP contribution in [-0.2, 0) is 24.2 Å². The van der Waals surface area contributed by atoms with Crippen LogP contribution in [0.15, 0.2) is 34.7 Å². The Morgan fingerprint density at radius 2 is 1.83 bits per heavy atom. The topological polar surface area (TPSA) is 69.9 Å². The molecule has 2 aliphatic heterocycles. The SMILES string of the molecule is CN(C)C(=O)N1CCC(C(=O)N2CCc3oc(Cc4ccccc4)nc3C2)CC1. The lowest BCUT2D eigenvalue weighted by Crippen LogP contribution is -2.47. The Hall–Kier alpha value is -2.83. The highest BCUT2D eigenvalue weighted by molar-refractivity contribution is 5.80. The second-order valence-corrected chi connectivity index (χ2v) is 8.09. The number of rotatable bonds is 3. The first-order valence-electron chi connectivity index (χ1n) is 10.3. The maximum Gasteiger partial charge on any atom is 0.319 e. The predicted octanol–water partition coefficient (Wildman–Crippen LogP) is 2.54. The number of carbonyl (C=O) groups is 2. The van der Waals surface area contributed by atoms with Crippen LogP contribution in [0.25, 0.3) is 0 Å². The van der Waals surface area contributed by atoms with Gasteiger partial charge in [0.15, 0.2) is 5.89 Å². The van der Waals surface area contributed by atoms with E-state index in [9.17, 15) is 9.59 Å². The fourth-order valence-corrected chi connectivity index (χ4v) is 4.14. The van der Waals surface area contributed by atoms with E-state index in [0.717, 1.165) is 29.9 Å². The molecule has 0 spiro atoms. The van der Waals surface area contributed by atoms with E-state index >= 15 is 0 Å². The van der Waals surface area contributed by atoms with Gasteiger partial charge in [0.25, 0.3) is 0 Å². The highest BCUT2D eigenvalue weighted by Gasteiger charge is 2.33. The van der Waals surface area contributed by atoms with Crippen LogP contribution in [0.2, 0.25) is 0 Å². The number of carbonyl (C=O) groups excluding carboxylic acids is 2. The fraction of sp³-hybridized carbons (Fsp3) is 0.500. The minimum absolute atomic E-state index is 0.0153. The van der Waals surface area contributed by atoms with Crippen LogP contribution in [0.3, 0.4) is 0 Å². The first-order valence-corrected chi connectivity index (χ1v) is 10.3. The van der Waals surface area contributed by atoms with Gasteiger partial charge in [-0.05, 0) is 18.4 Å². The molecule has 0 N–H and O–H groups in total. The summed E-state index contributed by atoms with van der Waals surface area (Å²) in [6.07, 6.45) is 2.82. The average Bonchev–Trinajstić information content (AvgIpc) is 3.14. The molecule has 3 amide bonds.